The molecule has 1 aliphatic heterocycles. The maximum Gasteiger partial charge on any atom is 0.247 e. The molecule has 1 saturated carbocycles. The van der Waals surface area contributed by atoms with Gasteiger partial charge in [-0.2, -0.15) is 5.26 Å². The molecule has 3 rings (SSSR count). The molecule has 0 bridgehead atoms. The van der Waals surface area contributed by atoms with E-state index in [1.165, 1.54) is 0 Å². The average molecular weight is 172 g/mol. The second-order valence-electron chi connectivity index (χ2n) is 3.83. The molecule has 64 valence electrons. The van der Waals surface area contributed by atoms with Gasteiger partial charge in [-0.3, -0.25) is 4.79 Å². The molecule has 0 aromatic carbocycles. The lowest BCUT2D eigenvalue weighted by Gasteiger charge is -2.38. The minimum Gasteiger partial charge on any atom is -0.332 e. The first kappa shape index (κ1) is 6.90. The quantitative estimate of drug-likeness (QED) is 0.498. The number of carbonyl (C=O) groups is 1. The minimum absolute atomic E-state index is 0.0313. The Bertz CT molecular complexity index is 417. The molecule has 3 unspecified atom stereocenters. The van der Waals surface area contributed by atoms with Crippen molar-refractivity contribution in [3.05, 3.63) is 24.3 Å². The highest BCUT2D eigenvalue weighted by molar-refractivity contribution is 6.03. The third-order valence-electron chi connectivity index (χ3n) is 3.63. The van der Waals surface area contributed by atoms with Gasteiger partial charge in [0.15, 0.2) is 5.41 Å². The standard InChI is InChI=1S/C10H8N2O/c1-12-8(13)9(6-11)7-4-2-3-5-10(7,9)12/h2-5,7H,1H3. The Balaban J connectivity index is 2.19. The van der Waals surface area contributed by atoms with Crippen LogP contribution < -0.4 is 0 Å². The summed E-state index contributed by atoms with van der Waals surface area (Å²) < 4.78 is 0. The van der Waals surface area contributed by atoms with Gasteiger partial charge in [-0.05, 0) is 0 Å². The highest BCUT2D eigenvalue weighted by atomic mass is 16.2. The van der Waals surface area contributed by atoms with Crippen molar-refractivity contribution >= 4 is 5.91 Å². The molecule has 1 amide bonds. The predicted octanol–water partition coefficient (Wildman–Crippen LogP) is 0.463. The molecule has 3 aliphatic rings. The first-order valence-corrected chi connectivity index (χ1v) is 4.27. The van der Waals surface area contributed by atoms with Crippen LogP contribution >= 0.6 is 0 Å². The van der Waals surface area contributed by atoms with Crippen LogP contribution in [0.5, 0.6) is 0 Å². The molecule has 13 heavy (non-hydrogen) atoms. The molecule has 3 nitrogen and oxygen atoms in total. The number of likely N-dealkylation sites (tertiary alicyclic amines) is 1. The number of nitrogens with zero attached hydrogens (tertiary/aromatic N) is 2. The number of amides is 1. The second-order valence-corrected chi connectivity index (χ2v) is 3.83. The summed E-state index contributed by atoms with van der Waals surface area (Å²) in [6.45, 7) is 0. The molecule has 1 spiro atoms. The molecule has 1 heterocycles. The SMILES string of the molecule is CN1C(=O)C2(C#N)C3C=CC=CC312. The van der Waals surface area contributed by atoms with Crippen molar-refractivity contribution in [2.75, 3.05) is 7.05 Å². The zero-order chi connectivity index (χ0) is 9.27. The number of fused-ring (bicyclic) bond motifs is 1. The van der Waals surface area contributed by atoms with Gasteiger partial charge in [0.2, 0.25) is 5.91 Å². The summed E-state index contributed by atoms with van der Waals surface area (Å²) in [5.74, 6) is 0.0590. The van der Waals surface area contributed by atoms with Crippen LogP contribution in [0.25, 0.3) is 0 Å². The van der Waals surface area contributed by atoms with Crippen molar-refractivity contribution in [3.63, 3.8) is 0 Å². The van der Waals surface area contributed by atoms with Crippen molar-refractivity contribution in [1.82, 2.24) is 4.90 Å². The fourth-order valence-corrected chi connectivity index (χ4v) is 2.89. The lowest BCUT2D eigenvalue weighted by Crippen LogP contribution is -2.57. The van der Waals surface area contributed by atoms with E-state index in [4.69, 9.17) is 5.26 Å². The summed E-state index contributed by atoms with van der Waals surface area (Å²) in [5.41, 5.74) is -1.03. The monoisotopic (exact) mass is 172 g/mol. The Morgan fingerprint density at radius 2 is 2.38 bits per heavy atom. The van der Waals surface area contributed by atoms with E-state index in [2.05, 4.69) is 6.07 Å². The van der Waals surface area contributed by atoms with Crippen molar-refractivity contribution in [1.29, 1.82) is 5.26 Å². The van der Waals surface area contributed by atoms with E-state index in [0.717, 1.165) is 0 Å². The highest BCUT2D eigenvalue weighted by Crippen LogP contribution is 2.75. The zero-order valence-corrected chi connectivity index (χ0v) is 7.19. The number of allylic oxidation sites excluding steroid dienone is 2. The van der Waals surface area contributed by atoms with E-state index in [9.17, 15) is 4.79 Å². The molecule has 2 fully saturated rings. The first-order valence-electron chi connectivity index (χ1n) is 4.27. The van der Waals surface area contributed by atoms with Crippen LogP contribution in [0.1, 0.15) is 0 Å². The summed E-state index contributed by atoms with van der Waals surface area (Å²) in [6, 6.07) is 2.17. The average Bonchev–Trinajstić information content (AvgIpc) is 2.76. The van der Waals surface area contributed by atoms with Gasteiger partial charge in [0.05, 0.1) is 11.6 Å². The molecule has 0 aromatic rings. The van der Waals surface area contributed by atoms with Gasteiger partial charge in [-0.15, -0.1) is 0 Å². The number of likely N-dealkylation sites (N-methyl/N-ethyl adjacent to an activating group) is 1. The van der Waals surface area contributed by atoms with Crippen LogP contribution in [0.2, 0.25) is 0 Å². The highest BCUT2D eigenvalue weighted by Gasteiger charge is 2.91. The molecule has 3 atom stereocenters. The Morgan fingerprint density at radius 1 is 1.62 bits per heavy atom. The van der Waals surface area contributed by atoms with Gasteiger partial charge >= 0.3 is 0 Å². The number of hydrogen-bond donors (Lipinski definition) is 0. The number of carbonyl (C=O) groups excluding carboxylic acids is 1. The number of rotatable bonds is 0. The summed E-state index contributed by atoms with van der Waals surface area (Å²) in [6.07, 6.45) is 7.76. The fraction of sp³-hybridized carbons (Fsp3) is 0.400. The summed E-state index contributed by atoms with van der Waals surface area (Å²) >= 11 is 0. The fourth-order valence-electron chi connectivity index (χ4n) is 2.89. The second kappa shape index (κ2) is 1.56. The van der Waals surface area contributed by atoms with Gasteiger partial charge in [0.25, 0.3) is 0 Å². The predicted molar refractivity (Wildman–Crippen MR) is 45.3 cm³/mol. The van der Waals surface area contributed by atoms with Gasteiger partial charge in [-0.25, -0.2) is 0 Å². The number of β-lactam (4-membered cyclic amide) rings is 1. The van der Waals surface area contributed by atoms with Crippen LogP contribution in [0.3, 0.4) is 0 Å². The largest absolute Gasteiger partial charge is 0.332 e. The van der Waals surface area contributed by atoms with E-state index in [1.54, 1.807) is 11.9 Å². The lowest BCUT2D eigenvalue weighted by atomic mass is 9.89. The van der Waals surface area contributed by atoms with E-state index in [-0.39, 0.29) is 17.4 Å². The Hall–Kier alpha value is -1.56. The molecule has 2 aliphatic carbocycles. The van der Waals surface area contributed by atoms with Gasteiger partial charge in [0.1, 0.15) is 0 Å². The Morgan fingerprint density at radius 3 is 3.00 bits per heavy atom. The summed E-state index contributed by atoms with van der Waals surface area (Å²) in [7, 11) is 1.77. The molecule has 1 saturated heterocycles. The van der Waals surface area contributed by atoms with E-state index >= 15 is 0 Å². The molecule has 0 aromatic heterocycles. The molecular formula is C10H8N2O. The smallest absolute Gasteiger partial charge is 0.247 e. The first-order chi connectivity index (χ1) is 6.22. The van der Waals surface area contributed by atoms with Gasteiger partial charge in [-0.1, -0.05) is 24.3 Å². The third kappa shape index (κ3) is 0.377. The maximum absolute atomic E-state index is 11.6. The zero-order valence-electron chi connectivity index (χ0n) is 7.19. The molecule has 3 heteroatoms. The van der Waals surface area contributed by atoms with E-state index in [0.29, 0.717) is 0 Å². The number of hydrogen-bond acceptors (Lipinski definition) is 2. The maximum atomic E-state index is 11.6. The normalized spacial score (nSPS) is 49.1. The molecular weight excluding hydrogens is 164 g/mol. The topological polar surface area (TPSA) is 44.1 Å². The van der Waals surface area contributed by atoms with Crippen LogP contribution in [-0.4, -0.2) is 23.4 Å². The molecule has 0 radical (unpaired) electrons. The van der Waals surface area contributed by atoms with Crippen molar-refractivity contribution in [2.45, 2.75) is 5.54 Å². The third-order valence-corrected chi connectivity index (χ3v) is 3.63. The summed E-state index contributed by atoms with van der Waals surface area (Å²) in [5, 5.41) is 9.04. The van der Waals surface area contributed by atoms with Gasteiger partial charge < -0.3 is 4.90 Å². The van der Waals surface area contributed by atoms with Gasteiger partial charge in [0, 0.05) is 13.0 Å². The van der Waals surface area contributed by atoms with Crippen LogP contribution in [0, 0.1) is 22.7 Å². The Labute approximate surface area is 75.9 Å². The van der Waals surface area contributed by atoms with Crippen molar-refractivity contribution < 1.29 is 4.79 Å². The summed E-state index contributed by atoms with van der Waals surface area (Å²) in [4.78, 5) is 13.2. The van der Waals surface area contributed by atoms with Crippen LogP contribution in [0.15, 0.2) is 24.3 Å². The van der Waals surface area contributed by atoms with E-state index in [1.807, 2.05) is 24.3 Å². The number of nitriles is 1. The minimum atomic E-state index is -0.745. The van der Waals surface area contributed by atoms with Crippen LogP contribution in [-0.2, 0) is 4.79 Å². The van der Waals surface area contributed by atoms with Crippen LogP contribution in [0.4, 0.5) is 0 Å². The van der Waals surface area contributed by atoms with Crippen molar-refractivity contribution in [3.8, 4) is 6.07 Å². The van der Waals surface area contributed by atoms with E-state index < -0.39 is 5.41 Å². The Kier molecular flexibility index (Phi) is 0.827. The van der Waals surface area contributed by atoms with Crippen molar-refractivity contribution in [2.24, 2.45) is 11.3 Å². The lowest BCUT2D eigenvalue weighted by molar-refractivity contribution is -0.146. The molecule has 0 N–H and O–H groups in total.